The lowest BCUT2D eigenvalue weighted by atomic mass is 9.58. The molecule has 0 amide bonds. The van der Waals surface area contributed by atoms with E-state index < -0.39 is 10.8 Å². The summed E-state index contributed by atoms with van der Waals surface area (Å²) in [6, 6.07) is 20.7. The Balaban J connectivity index is 1.91. The zero-order valence-electron chi connectivity index (χ0n) is 14.4. The molecular weight excluding hydrogens is 296 g/mol. The highest BCUT2D eigenvalue weighted by atomic mass is 16.1. The lowest BCUT2D eigenvalue weighted by Gasteiger charge is -2.56. The highest BCUT2D eigenvalue weighted by Gasteiger charge is 2.60. The molecule has 2 fully saturated rings. The van der Waals surface area contributed by atoms with Crippen molar-refractivity contribution in [3.05, 3.63) is 71.8 Å². The Morgan fingerprint density at radius 2 is 1.00 bits per heavy atom. The van der Waals surface area contributed by atoms with Gasteiger partial charge in [0, 0.05) is 26.2 Å². The molecule has 124 valence electrons. The van der Waals surface area contributed by atoms with Crippen LogP contribution in [0.4, 0.5) is 0 Å². The molecule has 0 saturated carbocycles. The summed E-state index contributed by atoms with van der Waals surface area (Å²) in [4.78, 5) is 18.6. The predicted molar refractivity (Wildman–Crippen MR) is 96.2 cm³/mol. The number of hydrogen-bond acceptors (Lipinski definition) is 3. The van der Waals surface area contributed by atoms with Crippen LogP contribution in [0.5, 0.6) is 0 Å². The fraction of sp³-hybridized carbons (Fsp3) is 0.381. The van der Waals surface area contributed by atoms with Gasteiger partial charge in [-0.05, 0) is 25.2 Å². The summed E-state index contributed by atoms with van der Waals surface area (Å²) in [5.74, 6) is 0.392. The van der Waals surface area contributed by atoms with Crippen LogP contribution in [0.25, 0.3) is 0 Å². The number of nitrogens with zero attached hydrogens (tertiary/aromatic N) is 2. The van der Waals surface area contributed by atoms with Crippen LogP contribution in [-0.2, 0) is 15.6 Å². The molecule has 0 spiro atoms. The topological polar surface area (TPSA) is 23.6 Å². The van der Waals surface area contributed by atoms with Gasteiger partial charge in [-0.1, -0.05) is 60.7 Å². The molecule has 0 unspecified atom stereocenters. The number of hydrogen-bond donors (Lipinski definition) is 0. The summed E-state index contributed by atoms with van der Waals surface area (Å²) in [5, 5.41) is 0. The molecular formula is C21H24N2O. The maximum atomic E-state index is 13.9. The largest absolute Gasteiger partial charge is 0.304 e. The van der Waals surface area contributed by atoms with E-state index in [1.165, 1.54) is 0 Å². The summed E-state index contributed by atoms with van der Waals surface area (Å²) in [6.45, 7) is 3.15. The average Bonchev–Trinajstić information content (AvgIpc) is 2.59. The first-order valence-electron chi connectivity index (χ1n) is 8.60. The third kappa shape index (κ3) is 2.15. The summed E-state index contributed by atoms with van der Waals surface area (Å²) < 4.78 is 0. The van der Waals surface area contributed by atoms with Gasteiger partial charge in [-0.2, -0.15) is 0 Å². The number of rotatable bonds is 2. The Labute approximate surface area is 143 Å². The predicted octanol–water partition coefficient (Wildman–Crippen LogP) is 2.32. The molecule has 0 N–H and O–H groups in total. The van der Waals surface area contributed by atoms with Crippen molar-refractivity contribution < 1.29 is 4.79 Å². The minimum atomic E-state index is -0.447. The molecule has 2 aromatic carbocycles. The zero-order valence-corrected chi connectivity index (χ0v) is 14.4. The Bertz CT molecular complexity index is 665. The minimum Gasteiger partial charge on any atom is -0.304 e. The lowest BCUT2D eigenvalue weighted by Crippen LogP contribution is -2.72. The van der Waals surface area contributed by atoms with E-state index >= 15 is 0 Å². The van der Waals surface area contributed by atoms with Gasteiger partial charge in [0.05, 0.1) is 10.8 Å². The lowest BCUT2D eigenvalue weighted by molar-refractivity contribution is -0.142. The van der Waals surface area contributed by atoms with Crippen molar-refractivity contribution in [3.8, 4) is 0 Å². The molecule has 0 radical (unpaired) electrons. The number of piperidine rings is 2. The summed E-state index contributed by atoms with van der Waals surface area (Å²) in [5.41, 5.74) is 1.40. The third-order valence-corrected chi connectivity index (χ3v) is 5.68. The molecule has 2 bridgehead atoms. The molecule has 0 aliphatic carbocycles. The van der Waals surface area contributed by atoms with Crippen molar-refractivity contribution in [2.75, 3.05) is 40.3 Å². The first kappa shape index (κ1) is 15.6. The molecule has 2 heterocycles. The van der Waals surface area contributed by atoms with Gasteiger partial charge < -0.3 is 9.80 Å². The van der Waals surface area contributed by atoms with Crippen LogP contribution >= 0.6 is 0 Å². The zero-order chi connectivity index (χ0) is 16.8. The van der Waals surface area contributed by atoms with Crippen LogP contribution in [0.1, 0.15) is 11.1 Å². The number of likely N-dealkylation sites (N-methyl/N-ethyl adjacent to an activating group) is 2. The molecule has 2 aliphatic rings. The van der Waals surface area contributed by atoms with Crippen molar-refractivity contribution in [3.63, 3.8) is 0 Å². The van der Waals surface area contributed by atoms with E-state index in [9.17, 15) is 4.79 Å². The van der Waals surface area contributed by atoms with Crippen LogP contribution in [0, 0.1) is 0 Å². The normalized spacial score (nSPS) is 31.2. The van der Waals surface area contributed by atoms with Gasteiger partial charge in [-0.15, -0.1) is 0 Å². The fourth-order valence-electron chi connectivity index (χ4n) is 4.94. The van der Waals surface area contributed by atoms with Gasteiger partial charge in [0.2, 0.25) is 0 Å². The van der Waals surface area contributed by atoms with Crippen LogP contribution in [0.3, 0.4) is 0 Å². The van der Waals surface area contributed by atoms with Gasteiger partial charge in [-0.3, -0.25) is 4.79 Å². The Morgan fingerprint density at radius 1 is 0.667 bits per heavy atom. The average molecular weight is 320 g/mol. The maximum absolute atomic E-state index is 13.9. The Morgan fingerprint density at radius 3 is 1.33 bits per heavy atom. The number of Topliss-reactive ketones (excluding diaryl/α,β-unsaturated/α-hetero) is 1. The highest BCUT2D eigenvalue weighted by molar-refractivity contribution is 6.01. The standard InChI is InChI=1S/C21H24N2O/c1-22-13-20(17-9-5-3-6-10-17)15-23(2)16-21(14-22,19(20)24)18-11-7-4-8-12-18/h3-12H,13-16H2,1-2H3. The van der Waals surface area contributed by atoms with Gasteiger partial charge >= 0.3 is 0 Å². The van der Waals surface area contributed by atoms with Crippen molar-refractivity contribution in [2.24, 2.45) is 0 Å². The van der Waals surface area contributed by atoms with Gasteiger partial charge in [-0.25, -0.2) is 0 Å². The monoisotopic (exact) mass is 320 g/mol. The number of likely N-dealkylation sites (tertiary alicyclic amines) is 2. The fourth-order valence-corrected chi connectivity index (χ4v) is 4.94. The van der Waals surface area contributed by atoms with Crippen molar-refractivity contribution in [1.29, 1.82) is 0 Å². The second kappa shape index (κ2) is 5.54. The summed E-state index contributed by atoms with van der Waals surface area (Å²) in [7, 11) is 4.29. The van der Waals surface area contributed by atoms with E-state index in [4.69, 9.17) is 0 Å². The van der Waals surface area contributed by atoms with E-state index in [1.807, 2.05) is 36.4 Å². The first-order chi connectivity index (χ1) is 11.6. The van der Waals surface area contributed by atoms with Crippen molar-refractivity contribution >= 4 is 5.78 Å². The van der Waals surface area contributed by atoms with Crippen molar-refractivity contribution in [1.82, 2.24) is 9.80 Å². The number of carbonyl (C=O) groups excluding carboxylic acids is 1. The number of carbonyl (C=O) groups is 1. The van der Waals surface area contributed by atoms with E-state index in [-0.39, 0.29) is 0 Å². The molecule has 2 aliphatic heterocycles. The van der Waals surface area contributed by atoms with Gasteiger partial charge in [0.1, 0.15) is 0 Å². The second-order valence-electron chi connectivity index (χ2n) is 7.57. The molecule has 3 nitrogen and oxygen atoms in total. The van der Waals surface area contributed by atoms with Crippen LogP contribution in [0.15, 0.2) is 60.7 Å². The van der Waals surface area contributed by atoms with E-state index in [1.54, 1.807) is 0 Å². The highest BCUT2D eigenvalue weighted by Crippen LogP contribution is 2.45. The number of ketones is 1. The first-order valence-corrected chi connectivity index (χ1v) is 8.60. The molecule has 2 saturated heterocycles. The smallest absolute Gasteiger partial charge is 0.159 e. The molecule has 4 rings (SSSR count). The van der Waals surface area contributed by atoms with Crippen LogP contribution in [0.2, 0.25) is 0 Å². The van der Waals surface area contributed by atoms with Crippen LogP contribution in [-0.4, -0.2) is 55.9 Å². The van der Waals surface area contributed by atoms with Gasteiger partial charge in [0.15, 0.2) is 5.78 Å². The Hall–Kier alpha value is -1.97. The molecule has 0 aromatic heterocycles. The maximum Gasteiger partial charge on any atom is 0.159 e. The second-order valence-corrected chi connectivity index (χ2v) is 7.57. The quantitative estimate of drug-likeness (QED) is 0.848. The van der Waals surface area contributed by atoms with E-state index in [0.29, 0.717) is 5.78 Å². The van der Waals surface area contributed by atoms with E-state index in [0.717, 1.165) is 37.3 Å². The summed E-state index contributed by atoms with van der Waals surface area (Å²) in [6.07, 6.45) is 0. The summed E-state index contributed by atoms with van der Waals surface area (Å²) >= 11 is 0. The molecule has 24 heavy (non-hydrogen) atoms. The SMILES string of the molecule is CN1CC2(c3ccccc3)CN(C)CC(c3ccccc3)(C1)C2=O. The molecule has 2 aromatic rings. The molecule has 0 atom stereocenters. The van der Waals surface area contributed by atoms with Crippen LogP contribution < -0.4 is 0 Å². The third-order valence-electron chi connectivity index (χ3n) is 5.68. The van der Waals surface area contributed by atoms with Gasteiger partial charge in [0.25, 0.3) is 0 Å². The minimum absolute atomic E-state index is 0.392. The van der Waals surface area contributed by atoms with E-state index in [2.05, 4.69) is 48.2 Å². The van der Waals surface area contributed by atoms with Crippen molar-refractivity contribution in [2.45, 2.75) is 10.8 Å². The number of fused-ring (bicyclic) bond motifs is 2. The molecule has 3 heteroatoms. The number of benzene rings is 2. The Kier molecular flexibility index (Phi) is 3.59.